The number of benzene rings is 1. The first-order valence-corrected chi connectivity index (χ1v) is 22.2. The van der Waals surface area contributed by atoms with Gasteiger partial charge in [0.05, 0.1) is 34.2 Å². The number of aromatic nitrogens is 6. The fourth-order valence-corrected chi connectivity index (χ4v) is 5.03. The average molecular weight is 1050 g/mol. The molecule has 6 aromatic heterocycles. The van der Waals surface area contributed by atoms with E-state index in [-0.39, 0.29) is 19.5 Å². The van der Waals surface area contributed by atoms with Crippen LogP contribution in [0.5, 0.6) is 0 Å². The van der Waals surface area contributed by atoms with Gasteiger partial charge in [0, 0.05) is 50.3 Å². The van der Waals surface area contributed by atoms with Crippen LogP contribution in [0.1, 0.15) is 16.7 Å². The van der Waals surface area contributed by atoms with Crippen LogP contribution < -0.4 is 5.46 Å². The van der Waals surface area contributed by atoms with E-state index in [2.05, 4.69) is 34.8 Å². The van der Waals surface area contributed by atoms with E-state index in [0.717, 1.165) is 57.4 Å². The largest absolute Gasteiger partial charge is 2.00 e. The van der Waals surface area contributed by atoms with Crippen LogP contribution in [0.2, 0.25) is 0 Å². The van der Waals surface area contributed by atoms with Gasteiger partial charge in [0.15, 0.2) is 0 Å². The summed E-state index contributed by atoms with van der Waals surface area (Å²) in [6.45, 7) is 3.38. The van der Waals surface area contributed by atoms with Gasteiger partial charge in [-0.3, -0.25) is 34.8 Å². The van der Waals surface area contributed by atoms with E-state index in [1.54, 1.807) is 43.2 Å². The molecule has 0 saturated carbocycles. The molecule has 0 aliphatic rings. The number of aryl methyl sites for hydroxylation is 1. The molecule has 0 bridgehead atoms. The van der Waals surface area contributed by atoms with Gasteiger partial charge < -0.3 is 10.0 Å². The Morgan fingerprint density at radius 1 is 0.446 bits per heavy atom. The van der Waals surface area contributed by atoms with Crippen molar-refractivity contribution in [3.05, 3.63) is 175 Å². The second-order valence-electron chi connectivity index (χ2n) is 13.3. The zero-order valence-electron chi connectivity index (χ0n) is 33.8. The SMILES string of the molecule is Cc1ccnc(-c2cc(CN(C)Cc3ccccc3B(O)O)ccn2)c1.F[P-](F)(F)(F)(F)F.F[P-](F)(F)(F)(F)F.[Ru+2].c1ccc(-c2ccccn2)nc1.c1ccc(-c2ccccn2)nc1. The predicted molar refractivity (Wildman–Crippen MR) is 226 cm³/mol. The molecule has 0 aliphatic heterocycles. The molecule has 2 N–H and O–H groups in total. The van der Waals surface area contributed by atoms with E-state index < -0.39 is 22.7 Å². The number of hydrogen-bond donors (Lipinski definition) is 2. The molecule has 6 heterocycles. The molecule has 0 amide bonds. The quantitative estimate of drug-likeness (QED) is 0.0870. The molecule has 7 aromatic rings. The van der Waals surface area contributed by atoms with Crippen molar-refractivity contribution in [1.82, 2.24) is 34.8 Å². The second kappa shape index (κ2) is 21.8. The van der Waals surface area contributed by atoms with Crippen molar-refractivity contribution < 1.29 is 79.9 Å². The van der Waals surface area contributed by atoms with E-state index in [0.29, 0.717) is 12.0 Å². The fraction of sp³-hybridized carbons (Fsp3) is 0.100. The Balaban J connectivity index is 0.000000311. The summed E-state index contributed by atoms with van der Waals surface area (Å²) in [5.74, 6) is 0. The van der Waals surface area contributed by atoms with Gasteiger partial charge in [0.25, 0.3) is 0 Å². The molecule has 1 aromatic carbocycles. The zero-order chi connectivity index (χ0) is 47.8. The number of halogens is 12. The number of nitrogens with zero attached hydrogens (tertiary/aromatic N) is 7. The summed E-state index contributed by atoms with van der Waals surface area (Å²) < 4.78 is 118. The number of rotatable bonds is 8. The predicted octanol–water partition coefficient (Wildman–Crippen LogP) is 12.8. The van der Waals surface area contributed by atoms with Crippen LogP contribution in [0.4, 0.5) is 50.4 Å². The van der Waals surface area contributed by atoms with Crippen LogP contribution in [0, 0.1) is 6.92 Å². The Kier molecular flexibility index (Phi) is 18.7. The maximum atomic E-state index is 9.87. The van der Waals surface area contributed by atoms with Crippen LogP contribution in [-0.2, 0) is 32.6 Å². The second-order valence-corrected chi connectivity index (χ2v) is 17.1. The molecular formula is C40H38BF12N7O2P2Ru. The van der Waals surface area contributed by atoms with Crippen LogP contribution in [0.15, 0.2) is 159 Å². The molecule has 0 atom stereocenters. The van der Waals surface area contributed by atoms with Gasteiger partial charge >= 0.3 is 92.6 Å². The van der Waals surface area contributed by atoms with Gasteiger partial charge in [-0.1, -0.05) is 48.5 Å². The molecule has 25 heteroatoms. The smallest absolute Gasteiger partial charge is 0.255 e. The average Bonchev–Trinajstić information content (AvgIpc) is 3.21. The minimum Gasteiger partial charge on any atom is -0.255 e. The van der Waals surface area contributed by atoms with Crippen molar-refractivity contribution in [2.45, 2.75) is 20.0 Å². The third kappa shape index (κ3) is 28.3. The molecule has 0 saturated heterocycles. The third-order valence-electron chi connectivity index (χ3n) is 7.41. The van der Waals surface area contributed by atoms with Crippen molar-refractivity contribution >= 4 is 28.2 Å². The molecule has 0 radical (unpaired) electrons. The summed E-state index contributed by atoms with van der Waals surface area (Å²) >= 11 is 0. The maximum Gasteiger partial charge on any atom is 2.00 e. The summed E-state index contributed by atoms with van der Waals surface area (Å²) in [5, 5.41) is 19.0. The Hall–Kier alpha value is -5.29. The minimum atomic E-state index is -10.7. The molecule has 9 nitrogen and oxygen atoms in total. The number of pyridine rings is 6. The zero-order valence-corrected chi connectivity index (χ0v) is 37.3. The molecule has 0 spiro atoms. The van der Waals surface area contributed by atoms with Gasteiger partial charge in [0.1, 0.15) is 0 Å². The van der Waals surface area contributed by atoms with Gasteiger partial charge in [-0.05, 0) is 109 Å². The first-order chi connectivity index (χ1) is 29.4. The van der Waals surface area contributed by atoms with Gasteiger partial charge in [-0.2, -0.15) is 0 Å². The number of hydrogen-bond acceptors (Lipinski definition) is 9. The van der Waals surface area contributed by atoms with Gasteiger partial charge in [-0.15, -0.1) is 0 Å². The Bertz CT molecular complexity index is 2320. The van der Waals surface area contributed by atoms with E-state index in [9.17, 15) is 60.4 Å². The normalized spacial score (nSPS) is 12.9. The van der Waals surface area contributed by atoms with E-state index in [1.165, 1.54) is 0 Å². The van der Waals surface area contributed by atoms with Crippen molar-refractivity contribution in [3.63, 3.8) is 0 Å². The summed E-state index contributed by atoms with van der Waals surface area (Å²) in [7, 11) is -20.8. The first kappa shape index (κ1) is 55.8. The molecule has 0 fully saturated rings. The third-order valence-corrected chi connectivity index (χ3v) is 7.41. The molecular weight excluding hydrogens is 1010 g/mol. The monoisotopic (exact) mass is 1050 g/mol. The molecule has 7 rings (SSSR count). The van der Waals surface area contributed by atoms with Crippen LogP contribution in [0.3, 0.4) is 0 Å². The fourth-order valence-electron chi connectivity index (χ4n) is 5.03. The van der Waals surface area contributed by atoms with Gasteiger partial charge in [0.2, 0.25) is 0 Å². The summed E-state index contributed by atoms with van der Waals surface area (Å²) in [4.78, 5) is 27.7. The van der Waals surface area contributed by atoms with Crippen LogP contribution in [0.25, 0.3) is 34.2 Å². The van der Waals surface area contributed by atoms with Crippen molar-refractivity contribution in [2.75, 3.05) is 7.05 Å². The molecule has 0 aliphatic carbocycles. The van der Waals surface area contributed by atoms with Crippen molar-refractivity contribution in [1.29, 1.82) is 0 Å². The summed E-state index contributed by atoms with van der Waals surface area (Å²) in [6, 6.07) is 38.6. The van der Waals surface area contributed by atoms with E-state index in [4.69, 9.17) is 0 Å². The molecule has 65 heavy (non-hydrogen) atoms. The topological polar surface area (TPSA) is 121 Å². The first-order valence-electron chi connectivity index (χ1n) is 18.1. The molecule has 350 valence electrons. The Morgan fingerprint density at radius 2 is 0.785 bits per heavy atom. The van der Waals surface area contributed by atoms with Crippen molar-refractivity contribution in [2.24, 2.45) is 0 Å². The van der Waals surface area contributed by atoms with Crippen LogP contribution in [-0.4, -0.2) is 59.0 Å². The Labute approximate surface area is 378 Å². The summed E-state index contributed by atoms with van der Waals surface area (Å²) in [5.41, 5.74) is 9.10. The summed E-state index contributed by atoms with van der Waals surface area (Å²) in [6.07, 6.45) is 10.7. The van der Waals surface area contributed by atoms with Crippen molar-refractivity contribution in [3.8, 4) is 34.2 Å². The Morgan fingerprint density at radius 3 is 1.14 bits per heavy atom. The minimum absolute atomic E-state index is 0. The molecule has 0 unspecified atom stereocenters. The maximum absolute atomic E-state index is 10.7. The van der Waals surface area contributed by atoms with E-state index in [1.807, 2.05) is 129 Å². The van der Waals surface area contributed by atoms with Gasteiger partial charge in [-0.25, -0.2) is 0 Å². The van der Waals surface area contributed by atoms with Crippen LogP contribution >= 0.6 is 15.6 Å². The van der Waals surface area contributed by atoms with E-state index >= 15 is 0 Å². The standard InChI is InChI=1S/C20H22BN3O2.2C10H8N2.2F6P.Ru/c1-15-7-9-22-19(11-15)20-12-16(8-10-23-20)13-24(2)14-17-5-3-4-6-18(17)21(25)26;2*1-3-7-11-9(5-1)10-6-2-4-8-12-10;2*1-7(2,3,4,5)6;/h3-12,25-26H,13-14H2,1-2H3;2*1-8H;;;/q;;;2*-1;+2.